The molecular formula is C17H28N4. The number of anilines is 1. The van der Waals surface area contributed by atoms with Gasteiger partial charge in [-0.25, -0.2) is 4.98 Å². The minimum absolute atomic E-state index is 0.452. The van der Waals surface area contributed by atoms with Gasteiger partial charge in [0.15, 0.2) is 5.82 Å². The summed E-state index contributed by atoms with van der Waals surface area (Å²) in [7, 11) is 2.14. The van der Waals surface area contributed by atoms with Crippen LogP contribution in [0.5, 0.6) is 0 Å². The number of rotatable bonds is 6. The third kappa shape index (κ3) is 3.38. The summed E-state index contributed by atoms with van der Waals surface area (Å²) in [6.07, 6.45) is 2.09. The molecule has 1 atom stereocenters. The van der Waals surface area contributed by atoms with E-state index in [1.54, 1.807) is 0 Å². The van der Waals surface area contributed by atoms with Crippen LogP contribution >= 0.6 is 0 Å². The smallest absolute Gasteiger partial charge is 0.152 e. The summed E-state index contributed by atoms with van der Waals surface area (Å²) in [5.41, 5.74) is 2.24. The maximum Gasteiger partial charge on any atom is 0.152 e. The zero-order valence-corrected chi connectivity index (χ0v) is 14.1. The van der Waals surface area contributed by atoms with Crippen molar-refractivity contribution in [3.8, 4) is 0 Å². The second-order valence-corrected chi connectivity index (χ2v) is 6.44. The van der Waals surface area contributed by atoms with Gasteiger partial charge in [-0.15, -0.1) is 0 Å². The van der Waals surface area contributed by atoms with Crippen molar-refractivity contribution in [1.29, 1.82) is 0 Å². The van der Waals surface area contributed by atoms with Crippen molar-refractivity contribution in [2.45, 2.75) is 53.2 Å². The number of fused-ring (bicyclic) bond motifs is 1. The van der Waals surface area contributed by atoms with E-state index in [0.29, 0.717) is 18.0 Å². The molecule has 0 saturated carbocycles. The predicted octanol–water partition coefficient (Wildman–Crippen LogP) is 3.31. The number of pyridine rings is 1. The van der Waals surface area contributed by atoms with Gasteiger partial charge in [0.05, 0.1) is 5.69 Å². The molecule has 0 aliphatic carbocycles. The van der Waals surface area contributed by atoms with Crippen LogP contribution in [-0.4, -0.2) is 28.5 Å². The van der Waals surface area contributed by atoms with Crippen molar-refractivity contribution in [1.82, 2.24) is 14.7 Å². The monoisotopic (exact) mass is 288 g/mol. The normalized spacial score (nSPS) is 13.3. The van der Waals surface area contributed by atoms with Crippen molar-refractivity contribution in [2.24, 2.45) is 5.92 Å². The van der Waals surface area contributed by atoms with Gasteiger partial charge in [-0.1, -0.05) is 33.8 Å². The van der Waals surface area contributed by atoms with E-state index in [9.17, 15) is 0 Å². The van der Waals surface area contributed by atoms with E-state index in [0.717, 1.165) is 18.0 Å². The lowest BCUT2D eigenvalue weighted by Gasteiger charge is -2.29. The lowest BCUT2D eigenvalue weighted by molar-refractivity contribution is 0.500. The first-order valence-corrected chi connectivity index (χ1v) is 7.84. The molecule has 0 saturated heterocycles. The standard InChI is InChI=1S/C17H28N4/c1-12(2)14(5)20(6)17-15(11-18-13(3)4)21-10-8-7-9-16(21)19-17/h7-10,12-14,18H,11H2,1-6H3. The quantitative estimate of drug-likeness (QED) is 0.885. The Morgan fingerprint density at radius 1 is 1.19 bits per heavy atom. The van der Waals surface area contributed by atoms with Gasteiger partial charge < -0.3 is 14.6 Å². The fourth-order valence-corrected chi connectivity index (χ4v) is 2.42. The van der Waals surface area contributed by atoms with E-state index < -0.39 is 0 Å². The molecule has 0 spiro atoms. The Balaban J connectivity index is 2.43. The number of imidazole rings is 1. The first-order valence-electron chi connectivity index (χ1n) is 7.84. The maximum absolute atomic E-state index is 4.84. The molecule has 4 heteroatoms. The Labute approximate surface area is 128 Å². The van der Waals surface area contributed by atoms with E-state index in [2.05, 4.69) is 74.6 Å². The fraction of sp³-hybridized carbons (Fsp3) is 0.588. The Kier molecular flexibility index (Phi) is 4.88. The van der Waals surface area contributed by atoms with Gasteiger partial charge in [0, 0.05) is 31.9 Å². The molecule has 0 bridgehead atoms. The molecule has 2 aromatic heterocycles. The molecular weight excluding hydrogens is 260 g/mol. The van der Waals surface area contributed by atoms with E-state index in [-0.39, 0.29) is 0 Å². The predicted molar refractivity (Wildman–Crippen MR) is 89.9 cm³/mol. The van der Waals surface area contributed by atoms with Crippen LogP contribution in [0.3, 0.4) is 0 Å². The Morgan fingerprint density at radius 3 is 2.52 bits per heavy atom. The zero-order valence-electron chi connectivity index (χ0n) is 14.1. The van der Waals surface area contributed by atoms with Crippen molar-refractivity contribution in [2.75, 3.05) is 11.9 Å². The van der Waals surface area contributed by atoms with Gasteiger partial charge in [0.25, 0.3) is 0 Å². The van der Waals surface area contributed by atoms with Crippen LogP contribution in [-0.2, 0) is 6.54 Å². The van der Waals surface area contributed by atoms with E-state index in [4.69, 9.17) is 4.98 Å². The molecule has 2 rings (SSSR count). The second kappa shape index (κ2) is 6.48. The first kappa shape index (κ1) is 15.8. The van der Waals surface area contributed by atoms with E-state index in [1.807, 2.05) is 6.07 Å². The molecule has 4 nitrogen and oxygen atoms in total. The van der Waals surface area contributed by atoms with Gasteiger partial charge in [-0.3, -0.25) is 0 Å². The topological polar surface area (TPSA) is 32.6 Å². The van der Waals surface area contributed by atoms with Crippen molar-refractivity contribution in [3.05, 3.63) is 30.1 Å². The average molecular weight is 288 g/mol. The molecule has 0 aromatic carbocycles. The van der Waals surface area contributed by atoms with Crippen LogP contribution in [0.2, 0.25) is 0 Å². The highest BCUT2D eigenvalue weighted by molar-refractivity contribution is 5.56. The van der Waals surface area contributed by atoms with Gasteiger partial charge in [0.1, 0.15) is 5.65 Å². The average Bonchev–Trinajstić information content (AvgIpc) is 2.81. The number of aromatic nitrogens is 2. The van der Waals surface area contributed by atoms with Crippen molar-refractivity contribution in [3.63, 3.8) is 0 Å². The summed E-state index contributed by atoms with van der Waals surface area (Å²) in [5.74, 6) is 1.67. The SMILES string of the molecule is CC(C)NCc1c(N(C)C(C)C(C)C)nc2ccccn12. The molecule has 2 aromatic rings. The lowest BCUT2D eigenvalue weighted by atomic mass is 10.1. The van der Waals surface area contributed by atoms with Crippen molar-refractivity contribution < 1.29 is 0 Å². The van der Waals surface area contributed by atoms with Gasteiger partial charge in [0.2, 0.25) is 0 Å². The van der Waals surface area contributed by atoms with Gasteiger partial charge in [-0.2, -0.15) is 0 Å². The third-order valence-electron chi connectivity index (χ3n) is 4.20. The van der Waals surface area contributed by atoms with Crippen LogP contribution in [0.4, 0.5) is 5.82 Å². The molecule has 0 radical (unpaired) electrons. The fourth-order valence-electron chi connectivity index (χ4n) is 2.42. The van der Waals surface area contributed by atoms with E-state index in [1.165, 1.54) is 5.69 Å². The van der Waals surface area contributed by atoms with Crippen LogP contribution < -0.4 is 10.2 Å². The molecule has 0 aliphatic rings. The highest BCUT2D eigenvalue weighted by Crippen LogP contribution is 2.24. The highest BCUT2D eigenvalue weighted by atomic mass is 15.2. The minimum atomic E-state index is 0.452. The number of hydrogen-bond acceptors (Lipinski definition) is 3. The summed E-state index contributed by atoms with van der Waals surface area (Å²) in [6, 6.07) is 7.07. The summed E-state index contributed by atoms with van der Waals surface area (Å²) < 4.78 is 2.19. The summed E-state index contributed by atoms with van der Waals surface area (Å²) in [4.78, 5) is 7.14. The Bertz CT molecular complexity index is 585. The molecule has 2 heterocycles. The molecule has 0 amide bonds. The van der Waals surface area contributed by atoms with E-state index >= 15 is 0 Å². The Morgan fingerprint density at radius 2 is 1.90 bits per heavy atom. The Hall–Kier alpha value is -1.55. The highest BCUT2D eigenvalue weighted by Gasteiger charge is 2.21. The number of nitrogens with one attached hydrogen (secondary N) is 1. The molecule has 1 N–H and O–H groups in total. The summed E-state index contributed by atoms with van der Waals surface area (Å²) in [6.45, 7) is 11.9. The largest absolute Gasteiger partial charge is 0.355 e. The van der Waals surface area contributed by atoms with Crippen LogP contribution in [0.1, 0.15) is 40.3 Å². The third-order valence-corrected chi connectivity index (χ3v) is 4.20. The van der Waals surface area contributed by atoms with Crippen molar-refractivity contribution >= 4 is 11.5 Å². The molecule has 21 heavy (non-hydrogen) atoms. The summed E-state index contributed by atoms with van der Waals surface area (Å²) >= 11 is 0. The summed E-state index contributed by atoms with van der Waals surface area (Å²) in [5, 5.41) is 3.52. The first-order chi connectivity index (χ1) is 9.91. The van der Waals surface area contributed by atoms with Crippen LogP contribution in [0, 0.1) is 5.92 Å². The van der Waals surface area contributed by atoms with Gasteiger partial charge >= 0.3 is 0 Å². The zero-order chi connectivity index (χ0) is 15.6. The number of nitrogens with zero attached hydrogens (tertiary/aromatic N) is 3. The maximum atomic E-state index is 4.84. The molecule has 1 unspecified atom stereocenters. The second-order valence-electron chi connectivity index (χ2n) is 6.44. The minimum Gasteiger partial charge on any atom is -0.355 e. The van der Waals surface area contributed by atoms with Crippen LogP contribution in [0.25, 0.3) is 5.65 Å². The lowest BCUT2D eigenvalue weighted by Crippen LogP contribution is -2.34. The molecule has 0 aliphatic heterocycles. The van der Waals surface area contributed by atoms with Crippen LogP contribution in [0.15, 0.2) is 24.4 Å². The number of hydrogen-bond donors (Lipinski definition) is 1. The molecule has 116 valence electrons. The molecule has 0 fully saturated rings. The van der Waals surface area contributed by atoms with Gasteiger partial charge in [-0.05, 0) is 25.0 Å².